The summed E-state index contributed by atoms with van der Waals surface area (Å²) in [7, 11) is 0. The standard InChI is InChI=1S/C18H19Cl3N2O.C18H18Cl3NO2/c19-12-1-4-14(5-2-12)23-10-15(7-8-22)24-11-18(23)16-6-3-13(20)9-17(16)21;19-12-1-4-14(5-2-12)22-10-15(7-8-23)24-11-18(22)16-6-3-13(20)9-17(16)21/h1-6,9,15,18H,7-8,10-11,22H2;1-6,9,15,18,23H,7-8,10-11H2. The largest absolute Gasteiger partial charge is 0.396 e. The van der Waals surface area contributed by atoms with Crippen LogP contribution in [0.15, 0.2) is 84.9 Å². The molecule has 4 aromatic rings. The van der Waals surface area contributed by atoms with E-state index in [1.807, 2.05) is 72.8 Å². The molecule has 2 aliphatic rings. The number of benzene rings is 4. The molecule has 3 N–H and O–H groups in total. The number of hydrogen-bond acceptors (Lipinski definition) is 6. The Balaban J connectivity index is 0.000000188. The molecular formula is C36H37Cl6N3O3. The minimum atomic E-state index is -0.0223. The zero-order valence-electron chi connectivity index (χ0n) is 26.1. The normalized spacial score (nSPS) is 21.1. The van der Waals surface area contributed by atoms with Crippen LogP contribution in [-0.2, 0) is 9.47 Å². The lowest BCUT2D eigenvalue weighted by Gasteiger charge is -2.42. The van der Waals surface area contributed by atoms with Crippen LogP contribution in [0.2, 0.25) is 30.1 Å². The number of nitrogens with two attached hydrogens (primary N) is 1. The topological polar surface area (TPSA) is 71.2 Å². The number of anilines is 2. The van der Waals surface area contributed by atoms with Gasteiger partial charge in [0.25, 0.3) is 0 Å². The molecule has 6 nitrogen and oxygen atoms in total. The molecule has 6 rings (SSSR count). The van der Waals surface area contributed by atoms with Gasteiger partial charge in [0.05, 0.1) is 37.5 Å². The number of ether oxygens (including phenoxy) is 2. The molecule has 0 aromatic heterocycles. The third-order valence-corrected chi connectivity index (χ3v) is 10.1. The molecule has 12 heteroatoms. The zero-order chi connectivity index (χ0) is 34.2. The van der Waals surface area contributed by atoms with Gasteiger partial charge >= 0.3 is 0 Å². The van der Waals surface area contributed by atoms with Gasteiger partial charge in [-0.1, -0.05) is 81.7 Å². The summed E-state index contributed by atoms with van der Waals surface area (Å²) in [6.07, 6.45) is 1.51. The van der Waals surface area contributed by atoms with Crippen molar-refractivity contribution in [3.05, 3.63) is 126 Å². The molecule has 48 heavy (non-hydrogen) atoms. The van der Waals surface area contributed by atoms with Crippen molar-refractivity contribution >= 4 is 81.0 Å². The van der Waals surface area contributed by atoms with Gasteiger partial charge in [-0.2, -0.15) is 0 Å². The first-order valence-corrected chi connectivity index (χ1v) is 17.9. The third-order valence-electron chi connectivity index (χ3n) is 8.43. The van der Waals surface area contributed by atoms with Gasteiger partial charge in [-0.15, -0.1) is 0 Å². The molecule has 0 bridgehead atoms. The van der Waals surface area contributed by atoms with Gasteiger partial charge in [-0.25, -0.2) is 0 Å². The van der Waals surface area contributed by atoms with Gasteiger partial charge < -0.3 is 30.1 Å². The van der Waals surface area contributed by atoms with Gasteiger partial charge in [-0.05, 0) is 103 Å². The predicted molar refractivity (Wildman–Crippen MR) is 201 cm³/mol. The van der Waals surface area contributed by atoms with Crippen LogP contribution in [0.25, 0.3) is 0 Å². The van der Waals surface area contributed by atoms with E-state index < -0.39 is 0 Å². The van der Waals surface area contributed by atoms with E-state index in [1.54, 1.807) is 12.1 Å². The first-order chi connectivity index (χ1) is 23.2. The van der Waals surface area contributed by atoms with Crippen molar-refractivity contribution in [2.75, 3.05) is 49.3 Å². The highest BCUT2D eigenvalue weighted by atomic mass is 35.5. The summed E-state index contributed by atoms with van der Waals surface area (Å²) in [5.74, 6) is 0. The molecule has 4 unspecified atom stereocenters. The van der Waals surface area contributed by atoms with E-state index in [1.165, 1.54) is 0 Å². The van der Waals surface area contributed by atoms with E-state index >= 15 is 0 Å². The Morgan fingerprint density at radius 3 is 1.35 bits per heavy atom. The molecule has 2 heterocycles. The first-order valence-electron chi connectivity index (χ1n) is 15.6. The fourth-order valence-corrected chi connectivity index (χ4v) is 7.33. The second kappa shape index (κ2) is 17.8. The molecule has 256 valence electrons. The van der Waals surface area contributed by atoms with Crippen LogP contribution >= 0.6 is 69.6 Å². The van der Waals surface area contributed by atoms with Gasteiger partial charge in [0, 0.05) is 61.2 Å². The maximum atomic E-state index is 9.22. The Morgan fingerprint density at radius 1 is 0.583 bits per heavy atom. The highest BCUT2D eigenvalue weighted by Crippen LogP contribution is 2.38. The number of hydrogen-bond donors (Lipinski definition) is 2. The second-order valence-corrected chi connectivity index (χ2v) is 14.2. The molecule has 2 fully saturated rings. The van der Waals surface area contributed by atoms with Crippen LogP contribution in [-0.4, -0.2) is 56.8 Å². The summed E-state index contributed by atoms with van der Waals surface area (Å²) >= 11 is 36.9. The van der Waals surface area contributed by atoms with Gasteiger partial charge in [0.2, 0.25) is 0 Å². The molecule has 0 saturated carbocycles. The lowest BCUT2D eigenvalue weighted by molar-refractivity contribution is 0.00526. The Labute approximate surface area is 312 Å². The molecule has 4 atom stereocenters. The average molecular weight is 772 g/mol. The third kappa shape index (κ3) is 9.64. The number of rotatable bonds is 8. The van der Waals surface area contributed by atoms with Crippen molar-refractivity contribution in [1.82, 2.24) is 0 Å². The first kappa shape index (κ1) is 37.3. The van der Waals surface area contributed by atoms with Crippen LogP contribution < -0.4 is 15.5 Å². The van der Waals surface area contributed by atoms with Gasteiger partial charge in [0.1, 0.15) is 0 Å². The molecule has 2 aliphatic heterocycles. The van der Waals surface area contributed by atoms with Crippen molar-refractivity contribution in [2.45, 2.75) is 37.1 Å². The fourth-order valence-electron chi connectivity index (χ4n) is 6.01. The number of morpholine rings is 2. The quantitative estimate of drug-likeness (QED) is 0.186. The van der Waals surface area contributed by atoms with Crippen LogP contribution in [0.3, 0.4) is 0 Å². The molecule has 4 aromatic carbocycles. The molecule has 0 amide bonds. The summed E-state index contributed by atoms with van der Waals surface area (Å²) in [6.45, 7) is 3.18. The zero-order valence-corrected chi connectivity index (χ0v) is 30.6. The summed E-state index contributed by atoms with van der Waals surface area (Å²) in [4.78, 5) is 4.55. The van der Waals surface area contributed by atoms with E-state index in [0.717, 1.165) is 35.5 Å². The van der Waals surface area contributed by atoms with Crippen molar-refractivity contribution in [1.29, 1.82) is 0 Å². The SMILES string of the molecule is NCCC1CN(c2ccc(Cl)cc2)C(c2ccc(Cl)cc2Cl)CO1.OCCC1CN(c2ccc(Cl)cc2)C(c2ccc(Cl)cc2Cl)CO1. The highest BCUT2D eigenvalue weighted by Gasteiger charge is 2.32. The Bertz CT molecular complexity index is 1510. The lowest BCUT2D eigenvalue weighted by atomic mass is 10.0. The highest BCUT2D eigenvalue weighted by molar-refractivity contribution is 6.35. The van der Waals surface area contributed by atoms with Gasteiger partial charge in [0.15, 0.2) is 0 Å². The Hall–Kier alpha value is -1.94. The van der Waals surface area contributed by atoms with Crippen LogP contribution in [0.1, 0.15) is 36.1 Å². The van der Waals surface area contributed by atoms with Crippen LogP contribution in [0, 0.1) is 0 Å². The summed E-state index contributed by atoms with van der Waals surface area (Å²) in [5.41, 5.74) is 9.80. The van der Waals surface area contributed by atoms with Crippen LogP contribution in [0.4, 0.5) is 11.4 Å². The van der Waals surface area contributed by atoms with E-state index in [0.29, 0.717) is 62.9 Å². The van der Waals surface area contributed by atoms with E-state index in [9.17, 15) is 5.11 Å². The molecular weight excluding hydrogens is 735 g/mol. The smallest absolute Gasteiger partial charge is 0.0792 e. The monoisotopic (exact) mass is 769 g/mol. The summed E-state index contributed by atoms with van der Waals surface area (Å²) in [5, 5.41) is 13.1. The van der Waals surface area contributed by atoms with Crippen molar-refractivity contribution in [2.24, 2.45) is 5.73 Å². The number of nitrogens with zero attached hydrogens (tertiary/aromatic N) is 2. The van der Waals surface area contributed by atoms with Gasteiger partial charge in [-0.3, -0.25) is 0 Å². The number of aliphatic hydroxyl groups is 1. The minimum Gasteiger partial charge on any atom is -0.396 e. The summed E-state index contributed by atoms with van der Waals surface area (Å²) < 4.78 is 11.9. The minimum absolute atomic E-state index is 0.0185. The Morgan fingerprint density at radius 2 is 0.979 bits per heavy atom. The maximum absolute atomic E-state index is 9.22. The van der Waals surface area contributed by atoms with Crippen molar-refractivity contribution in [3.8, 4) is 0 Å². The number of aliphatic hydroxyl groups excluding tert-OH is 1. The molecule has 0 radical (unpaired) electrons. The summed E-state index contributed by atoms with van der Waals surface area (Å²) in [6, 6.07) is 26.6. The molecule has 0 spiro atoms. The Kier molecular flexibility index (Phi) is 13.9. The van der Waals surface area contributed by atoms with E-state index in [4.69, 9.17) is 84.8 Å². The molecule has 0 aliphatic carbocycles. The second-order valence-electron chi connectivity index (χ2n) is 11.6. The van der Waals surface area contributed by atoms with E-state index in [-0.39, 0.29) is 30.9 Å². The lowest BCUT2D eigenvalue weighted by Crippen LogP contribution is -2.45. The van der Waals surface area contributed by atoms with Crippen molar-refractivity contribution in [3.63, 3.8) is 0 Å². The molecule has 2 saturated heterocycles. The van der Waals surface area contributed by atoms with Crippen LogP contribution in [0.5, 0.6) is 0 Å². The predicted octanol–water partition coefficient (Wildman–Crippen LogP) is 9.92. The fraction of sp³-hybridized carbons (Fsp3) is 0.333. The van der Waals surface area contributed by atoms with E-state index in [2.05, 4.69) is 9.80 Å². The maximum Gasteiger partial charge on any atom is 0.0792 e. The number of halogens is 6. The van der Waals surface area contributed by atoms with Crippen molar-refractivity contribution < 1.29 is 14.6 Å². The average Bonchev–Trinajstić information content (AvgIpc) is 3.07.